The molecule has 0 atom stereocenters. The molecule has 0 aliphatic carbocycles. The molecule has 5 heteroatoms. The first-order valence-corrected chi connectivity index (χ1v) is 6.72. The molecule has 1 aromatic heterocycles. The topological polar surface area (TPSA) is 54.6 Å². The largest absolute Gasteiger partial charge is 0.462 e. The Morgan fingerprint density at radius 1 is 1.26 bits per heavy atom. The zero-order valence-corrected chi connectivity index (χ0v) is 12.2. The van der Waals surface area contributed by atoms with Gasteiger partial charge >= 0.3 is 0 Å². The lowest BCUT2D eigenvalue weighted by molar-refractivity contribution is 0.185. The van der Waals surface area contributed by atoms with E-state index in [9.17, 15) is 0 Å². The number of methoxy groups -OCH3 is 1. The molecule has 0 saturated heterocycles. The van der Waals surface area contributed by atoms with E-state index in [2.05, 4.69) is 21.2 Å². The lowest BCUT2D eigenvalue weighted by atomic mass is 10.2. The molecule has 0 unspecified atom stereocenters. The smallest absolute Gasteiger partial charge is 0.129 e. The lowest BCUT2D eigenvalue weighted by Crippen LogP contribution is -2.03. The Bertz CT molecular complexity index is 539. The summed E-state index contributed by atoms with van der Waals surface area (Å²) in [5.74, 6) is 1.36. The number of hydrogen-bond acceptors (Lipinski definition) is 4. The van der Waals surface area contributed by atoms with Crippen molar-refractivity contribution in [3.05, 3.63) is 51.9 Å². The summed E-state index contributed by atoms with van der Waals surface area (Å²) in [4.78, 5) is 0. The van der Waals surface area contributed by atoms with Crippen LogP contribution in [0, 0.1) is 0 Å². The van der Waals surface area contributed by atoms with Crippen LogP contribution in [0.1, 0.15) is 17.1 Å². The van der Waals surface area contributed by atoms with Gasteiger partial charge in [0.05, 0.1) is 13.2 Å². The number of aliphatic hydroxyl groups excluding tert-OH is 1. The molecule has 0 fully saturated rings. The van der Waals surface area contributed by atoms with Gasteiger partial charge in [0.1, 0.15) is 18.1 Å². The number of rotatable bonds is 6. The summed E-state index contributed by atoms with van der Waals surface area (Å²) in [7, 11) is 1.67. The van der Waals surface area contributed by atoms with Gasteiger partial charge in [-0.25, -0.2) is 0 Å². The fraction of sp³-hybridized carbons (Fsp3) is 0.286. The van der Waals surface area contributed by atoms with Crippen LogP contribution in [0.5, 0.6) is 0 Å². The van der Waals surface area contributed by atoms with Crippen LogP contribution in [0.3, 0.4) is 0 Å². The molecule has 0 radical (unpaired) electrons. The second-order valence-corrected chi connectivity index (χ2v) is 4.93. The van der Waals surface area contributed by atoms with Crippen LogP contribution in [0.4, 0.5) is 5.69 Å². The van der Waals surface area contributed by atoms with Gasteiger partial charge in [0, 0.05) is 22.8 Å². The Kier molecular flexibility index (Phi) is 5.01. The first-order valence-electron chi connectivity index (χ1n) is 5.93. The highest BCUT2D eigenvalue weighted by Crippen LogP contribution is 2.26. The van der Waals surface area contributed by atoms with Crippen molar-refractivity contribution in [2.24, 2.45) is 0 Å². The highest BCUT2D eigenvalue weighted by atomic mass is 79.9. The van der Waals surface area contributed by atoms with Crippen LogP contribution in [0.25, 0.3) is 0 Å². The Labute approximate surface area is 120 Å². The SMILES string of the molecule is COCc1c(Br)cccc1NCc1ccc(CO)o1. The maximum Gasteiger partial charge on any atom is 0.129 e. The van der Waals surface area contributed by atoms with Crippen molar-refractivity contribution in [1.29, 1.82) is 0 Å². The standard InChI is InChI=1S/C14H16BrNO3/c1-18-9-12-13(15)3-2-4-14(12)16-7-10-5-6-11(8-17)19-10/h2-6,16-17H,7-9H2,1H3. The van der Waals surface area contributed by atoms with Gasteiger partial charge in [-0.2, -0.15) is 0 Å². The summed E-state index contributed by atoms with van der Waals surface area (Å²) < 4.78 is 11.6. The summed E-state index contributed by atoms with van der Waals surface area (Å²) in [6.45, 7) is 1.02. The third-order valence-corrected chi connectivity index (χ3v) is 3.48. The molecule has 2 aromatic rings. The summed E-state index contributed by atoms with van der Waals surface area (Å²) in [6.07, 6.45) is 0. The van der Waals surface area contributed by atoms with E-state index < -0.39 is 0 Å². The van der Waals surface area contributed by atoms with E-state index in [1.165, 1.54) is 0 Å². The van der Waals surface area contributed by atoms with Crippen LogP contribution in [-0.2, 0) is 24.5 Å². The van der Waals surface area contributed by atoms with Crippen LogP contribution in [0.15, 0.2) is 39.2 Å². The number of benzene rings is 1. The van der Waals surface area contributed by atoms with Crippen LogP contribution in [-0.4, -0.2) is 12.2 Å². The fourth-order valence-corrected chi connectivity index (χ4v) is 2.28. The molecular weight excluding hydrogens is 310 g/mol. The highest BCUT2D eigenvalue weighted by Gasteiger charge is 2.07. The van der Waals surface area contributed by atoms with E-state index in [1.54, 1.807) is 13.2 Å². The van der Waals surface area contributed by atoms with Crippen molar-refractivity contribution in [2.45, 2.75) is 19.8 Å². The first-order chi connectivity index (χ1) is 9.24. The zero-order valence-electron chi connectivity index (χ0n) is 10.6. The molecule has 0 saturated carbocycles. The maximum absolute atomic E-state index is 8.95. The monoisotopic (exact) mass is 325 g/mol. The van der Waals surface area contributed by atoms with Gasteiger partial charge in [-0.1, -0.05) is 22.0 Å². The predicted octanol–water partition coefficient (Wildman–Crippen LogP) is 3.29. The number of hydrogen-bond donors (Lipinski definition) is 2. The zero-order chi connectivity index (χ0) is 13.7. The summed E-state index contributed by atoms with van der Waals surface area (Å²) in [5, 5.41) is 12.3. The number of aliphatic hydroxyl groups is 1. The molecule has 2 rings (SSSR count). The van der Waals surface area contributed by atoms with Crippen molar-refractivity contribution >= 4 is 21.6 Å². The van der Waals surface area contributed by atoms with Gasteiger partial charge in [0.2, 0.25) is 0 Å². The van der Waals surface area contributed by atoms with Crippen molar-refractivity contribution in [3.63, 3.8) is 0 Å². The molecule has 0 aliphatic heterocycles. The summed E-state index contributed by atoms with van der Waals surface area (Å²) in [6, 6.07) is 9.57. The number of furan rings is 1. The number of ether oxygens (including phenoxy) is 1. The van der Waals surface area contributed by atoms with Gasteiger partial charge in [-0.15, -0.1) is 0 Å². The van der Waals surface area contributed by atoms with Gasteiger partial charge < -0.3 is 19.6 Å². The third kappa shape index (κ3) is 3.59. The first kappa shape index (κ1) is 14.1. The molecule has 0 bridgehead atoms. The molecule has 1 aromatic carbocycles. The molecular formula is C14H16BrNO3. The predicted molar refractivity (Wildman–Crippen MR) is 76.8 cm³/mol. The van der Waals surface area contributed by atoms with Crippen LogP contribution >= 0.6 is 15.9 Å². The average Bonchev–Trinajstić information content (AvgIpc) is 2.87. The second-order valence-electron chi connectivity index (χ2n) is 4.08. The van der Waals surface area contributed by atoms with Gasteiger partial charge in [-0.3, -0.25) is 0 Å². The van der Waals surface area contributed by atoms with E-state index in [0.717, 1.165) is 21.5 Å². The fourth-order valence-electron chi connectivity index (χ4n) is 1.80. The van der Waals surface area contributed by atoms with E-state index in [1.807, 2.05) is 24.3 Å². The van der Waals surface area contributed by atoms with Crippen LogP contribution in [0.2, 0.25) is 0 Å². The molecule has 0 spiro atoms. The minimum absolute atomic E-state index is 0.0776. The summed E-state index contributed by atoms with van der Waals surface area (Å²) in [5.41, 5.74) is 2.07. The molecule has 19 heavy (non-hydrogen) atoms. The van der Waals surface area contributed by atoms with E-state index >= 15 is 0 Å². The van der Waals surface area contributed by atoms with E-state index in [-0.39, 0.29) is 6.61 Å². The quantitative estimate of drug-likeness (QED) is 0.855. The van der Waals surface area contributed by atoms with Crippen LogP contribution < -0.4 is 5.32 Å². The Balaban J connectivity index is 2.08. The number of anilines is 1. The lowest BCUT2D eigenvalue weighted by Gasteiger charge is -2.12. The number of halogens is 1. The van der Waals surface area contributed by atoms with E-state index in [4.69, 9.17) is 14.3 Å². The van der Waals surface area contributed by atoms with Gasteiger partial charge in [0.15, 0.2) is 0 Å². The van der Waals surface area contributed by atoms with Crippen molar-refractivity contribution in [3.8, 4) is 0 Å². The Hall–Kier alpha value is -1.30. The minimum Gasteiger partial charge on any atom is -0.462 e. The maximum atomic E-state index is 8.95. The van der Waals surface area contributed by atoms with Crippen molar-refractivity contribution in [1.82, 2.24) is 0 Å². The molecule has 102 valence electrons. The third-order valence-electron chi connectivity index (χ3n) is 2.73. The Morgan fingerprint density at radius 2 is 2.05 bits per heavy atom. The molecule has 2 N–H and O–H groups in total. The van der Waals surface area contributed by atoms with E-state index in [0.29, 0.717) is 18.9 Å². The molecule has 0 amide bonds. The highest BCUT2D eigenvalue weighted by molar-refractivity contribution is 9.10. The van der Waals surface area contributed by atoms with Gasteiger partial charge in [0.25, 0.3) is 0 Å². The van der Waals surface area contributed by atoms with Gasteiger partial charge in [-0.05, 0) is 24.3 Å². The van der Waals surface area contributed by atoms with Crippen molar-refractivity contribution in [2.75, 3.05) is 12.4 Å². The Morgan fingerprint density at radius 3 is 2.74 bits per heavy atom. The van der Waals surface area contributed by atoms with Crippen molar-refractivity contribution < 1.29 is 14.3 Å². The molecule has 1 heterocycles. The molecule has 4 nitrogen and oxygen atoms in total. The second kappa shape index (κ2) is 6.75. The average molecular weight is 326 g/mol. The summed E-state index contributed by atoms with van der Waals surface area (Å²) >= 11 is 3.51. The minimum atomic E-state index is -0.0776. The normalized spacial score (nSPS) is 10.7. The molecule has 0 aliphatic rings. The number of nitrogens with one attached hydrogen (secondary N) is 1.